The number of nitrogens with one attached hydrogen (secondary N) is 1. The fourth-order valence-corrected chi connectivity index (χ4v) is 2.19. The lowest BCUT2D eigenvalue weighted by Gasteiger charge is -2.08. The summed E-state index contributed by atoms with van der Waals surface area (Å²) >= 11 is 0. The van der Waals surface area contributed by atoms with E-state index in [1.54, 1.807) is 12.3 Å². The van der Waals surface area contributed by atoms with Crippen LogP contribution in [-0.4, -0.2) is 20.4 Å². The van der Waals surface area contributed by atoms with Gasteiger partial charge in [-0.2, -0.15) is 0 Å². The van der Waals surface area contributed by atoms with E-state index in [0.717, 1.165) is 16.2 Å². The van der Waals surface area contributed by atoms with Crippen LogP contribution in [0.15, 0.2) is 47.7 Å². The Morgan fingerprint density at radius 3 is 2.87 bits per heavy atom. The van der Waals surface area contributed by atoms with Gasteiger partial charge in [0.15, 0.2) is 0 Å². The molecule has 3 rings (SSSR count). The van der Waals surface area contributed by atoms with Crippen LogP contribution in [0.4, 0.5) is 10.2 Å². The standard InChI is InChI=1S/C16H13FN4O2/c1-10-4-5-18-14(6-10)20-15(22)8-21-9-19-13-3-2-11(17)7-12(13)16(21)23/h2-7,9H,8H2,1H3,(H,18,20,22). The van der Waals surface area contributed by atoms with Crippen LogP contribution in [0, 0.1) is 12.7 Å². The third kappa shape index (κ3) is 3.23. The van der Waals surface area contributed by atoms with Gasteiger partial charge in [0, 0.05) is 6.20 Å². The summed E-state index contributed by atoms with van der Waals surface area (Å²) < 4.78 is 14.4. The molecule has 2 heterocycles. The number of hydrogen-bond acceptors (Lipinski definition) is 4. The lowest BCUT2D eigenvalue weighted by Crippen LogP contribution is -2.28. The van der Waals surface area contributed by atoms with Crippen molar-refractivity contribution >= 4 is 22.6 Å². The number of fused-ring (bicyclic) bond motifs is 1. The molecule has 3 aromatic rings. The largest absolute Gasteiger partial charge is 0.309 e. The number of amides is 1. The second-order valence-corrected chi connectivity index (χ2v) is 5.11. The van der Waals surface area contributed by atoms with Crippen molar-refractivity contribution in [1.82, 2.24) is 14.5 Å². The highest BCUT2D eigenvalue weighted by atomic mass is 19.1. The van der Waals surface area contributed by atoms with E-state index in [2.05, 4.69) is 15.3 Å². The highest BCUT2D eigenvalue weighted by Crippen LogP contribution is 2.09. The molecule has 1 aromatic carbocycles. The summed E-state index contributed by atoms with van der Waals surface area (Å²) in [4.78, 5) is 32.4. The van der Waals surface area contributed by atoms with Crippen LogP contribution >= 0.6 is 0 Å². The average Bonchev–Trinajstić information content (AvgIpc) is 2.50. The van der Waals surface area contributed by atoms with Crippen molar-refractivity contribution < 1.29 is 9.18 Å². The van der Waals surface area contributed by atoms with Crippen molar-refractivity contribution in [3.05, 3.63) is 64.6 Å². The summed E-state index contributed by atoms with van der Waals surface area (Å²) in [5.74, 6) is -0.534. The third-order valence-electron chi connectivity index (χ3n) is 3.28. The number of carbonyl (C=O) groups is 1. The van der Waals surface area contributed by atoms with Gasteiger partial charge >= 0.3 is 0 Å². The van der Waals surface area contributed by atoms with E-state index in [1.807, 2.05) is 13.0 Å². The number of anilines is 1. The van der Waals surface area contributed by atoms with Crippen molar-refractivity contribution in [2.75, 3.05) is 5.32 Å². The highest BCUT2D eigenvalue weighted by molar-refractivity contribution is 5.89. The van der Waals surface area contributed by atoms with Crippen LogP contribution in [0.1, 0.15) is 5.56 Å². The van der Waals surface area contributed by atoms with E-state index in [4.69, 9.17) is 0 Å². The molecule has 1 N–H and O–H groups in total. The average molecular weight is 312 g/mol. The molecule has 0 unspecified atom stereocenters. The Balaban J connectivity index is 1.85. The van der Waals surface area contributed by atoms with Crippen molar-refractivity contribution in [3.63, 3.8) is 0 Å². The van der Waals surface area contributed by atoms with Gasteiger partial charge in [0.05, 0.1) is 17.2 Å². The predicted molar refractivity (Wildman–Crippen MR) is 83.6 cm³/mol. The Morgan fingerprint density at radius 2 is 2.09 bits per heavy atom. The van der Waals surface area contributed by atoms with Crippen LogP contribution in [-0.2, 0) is 11.3 Å². The van der Waals surface area contributed by atoms with Crippen LogP contribution in [0.25, 0.3) is 10.9 Å². The summed E-state index contributed by atoms with van der Waals surface area (Å²) in [5, 5.41) is 2.74. The molecule has 0 aliphatic heterocycles. The first-order chi connectivity index (χ1) is 11.0. The number of aromatic nitrogens is 3. The molecule has 2 aromatic heterocycles. The number of aryl methyl sites for hydroxylation is 1. The number of benzene rings is 1. The molecule has 0 bridgehead atoms. The molecule has 0 saturated carbocycles. The van der Waals surface area contributed by atoms with E-state index in [1.165, 1.54) is 18.5 Å². The summed E-state index contributed by atoms with van der Waals surface area (Å²) in [7, 11) is 0. The molecular formula is C16H13FN4O2. The molecule has 6 nitrogen and oxygen atoms in total. The molecule has 1 amide bonds. The first-order valence-electron chi connectivity index (χ1n) is 6.90. The molecule has 0 spiro atoms. The zero-order valence-electron chi connectivity index (χ0n) is 12.3. The summed E-state index contributed by atoms with van der Waals surface area (Å²) in [5.41, 5.74) is 0.866. The van der Waals surface area contributed by atoms with E-state index in [0.29, 0.717) is 11.3 Å². The number of pyridine rings is 1. The van der Waals surface area contributed by atoms with E-state index in [-0.39, 0.29) is 11.9 Å². The highest BCUT2D eigenvalue weighted by Gasteiger charge is 2.09. The first-order valence-corrected chi connectivity index (χ1v) is 6.90. The number of rotatable bonds is 3. The van der Waals surface area contributed by atoms with E-state index < -0.39 is 17.3 Å². The molecule has 23 heavy (non-hydrogen) atoms. The van der Waals surface area contributed by atoms with Gasteiger partial charge in [0.2, 0.25) is 5.91 Å². The van der Waals surface area contributed by atoms with Crippen LogP contribution in [0.5, 0.6) is 0 Å². The molecule has 0 aliphatic rings. The Morgan fingerprint density at radius 1 is 1.26 bits per heavy atom. The lowest BCUT2D eigenvalue weighted by atomic mass is 10.2. The predicted octanol–water partition coefficient (Wildman–Crippen LogP) is 1.88. The molecule has 0 fully saturated rings. The van der Waals surface area contributed by atoms with Gasteiger partial charge in [0.1, 0.15) is 18.2 Å². The Kier molecular flexibility index (Phi) is 3.84. The Bertz CT molecular complexity index is 952. The monoisotopic (exact) mass is 312 g/mol. The van der Waals surface area contributed by atoms with E-state index in [9.17, 15) is 14.0 Å². The SMILES string of the molecule is Cc1ccnc(NC(=O)Cn2cnc3ccc(F)cc3c2=O)c1. The smallest absolute Gasteiger partial charge is 0.261 e. The van der Waals surface area contributed by atoms with Crippen LogP contribution in [0.3, 0.4) is 0 Å². The minimum Gasteiger partial charge on any atom is -0.309 e. The maximum atomic E-state index is 13.3. The number of hydrogen-bond donors (Lipinski definition) is 1. The lowest BCUT2D eigenvalue weighted by molar-refractivity contribution is -0.116. The van der Waals surface area contributed by atoms with Gasteiger partial charge in [-0.15, -0.1) is 0 Å². The summed E-state index contributed by atoms with van der Waals surface area (Å²) in [6, 6.07) is 7.29. The van der Waals surface area contributed by atoms with Gasteiger partial charge in [0.25, 0.3) is 5.56 Å². The van der Waals surface area contributed by atoms with Gasteiger partial charge in [-0.05, 0) is 42.8 Å². The van der Waals surface area contributed by atoms with Gasteiger partial charge in [-0.25, -0.2) is 14.4 Å². The Labute approximate surface area is 130 Å². The van der Waals surface area contributed by atoms with Gasteiger partial charge in [-0.1, -0.05) is 0 Å². The normalized spacial score (nSPS) is 10.7. The molecule has 0 saturated heterocycles. The Hall–Kier alpha value is -3.09. The molecular weight excluding hydrogens is 299 g/mol. The van der Waals surface area contributed by atoms with Crippen molar-refractivity contribution in [2.45, 2.75) is 13.5 Å². The van der Waals surface area contributed by atoms with Crippen molar-refractivity contribution in [1.29, 1.82) is 0 Å². The molecule has 0 aliphatic carbocycles. The summed E-state index contributed by atoms with van der Waals surface area (Å²) in [6.45, 7) is 1.65. The van der Waals surface area contributed by atoms with Gasteiger partial charge in [-0.3, -0.25) is 14.2 Å². The zero-order valence-corrected chi connectivity index (χ0v) is 12.3. The van der Waals surface area contributed by atoms with Crippen molar-refractivity contribution in [3.8, 4) is 0 Å². The maximum Gasteiger partial charge on any atom is 0.261 e. The third-order valence-corrected chi connectivity index (χ3v) is 3.28. The fourth-order valence-electron chi connectivity index (χ4n) is 2.19. The van der Waals surface area contributed by atoms with Gasteiger partial charge < -0.3 is 5.32 Å². The summed E-state index contributed by atoms with van der Waals surface area (Å²) in [6.07, 6.45) is 2.85. The second kappa shape index (κ2) is 5.96. The van der Waals surface area contributed by atoms with Crippen molar-refractivity contribution in [2.24, 2.45) is 0 Å². The van der Waals surface area contributed by atoms with Crippen LogP contribution in [0.2, 0.25) is 0 Å². The van der Waals surface area contributed by atoms with Crippen LogP contribution < -0.4 is 10.9 Å². The molecule has 116 valence electrons. The number of nitrogens with zero attached hydrogens (tertiary/aromatic N) is 3. The van der Waals surface area contributed by atoms with E-state index >= 15 is 0 Å². The number of halogens is 1. The minimum atomic E-state index is -0.525. The first kappa shape index (κ1) is 14.8. The topological polar surface area (TPSA) is 76.9 Å². The minimum absolute atomic E-state index is 0.133. The fraction of sp³-hybridized carbons (Fsp3) is 0.125. The molecule has 0 radical (unpaired) electrons. The zero-order chi connectivity index (χ0) is 16.4. The number of carbonyl (C=O) groups excluding carboxylic acids is 1. The second-order valence-electron chi connectivity index (χ2n) is 5.11. The quantitative estimate of drug-likeness (QED) is 0.801. The maximum absolute atomic E-state index is 13.3. The molecule has 0 atom stereocenters. The molecule has 7 heteroatoms.